The number of hydrogen-bond donors (Lipinski definition) is 2. The predicted octanol–water partition coefficient (Wildman–Crippen LogP) is 4.58. The summed E-state index contributed by atoms with van der Waals surface area (Å²) in [5.74, 6) is 0.381. The number of H-pyrrole nitrogens is 1. The number of aromatic nitrogens is 3. The van der Waals surface area contributed by atoms with Crippen LogP contribution < -0.4 is 5.32 Å². The number of nitrogens with one attached hydrogen (secondary N) is 2. The standard InChI is InChI=1S/C29H31N5O2/c1-18-27-28(32-19(2)31-27)24(17-30-18)23-14-15-34(25(16-23)33-20(3)35)29(36)26(21-10-6-4-7-11-21)22-12-8-5-9-13-22/h4-13,17,23,25-26H,14-16H2,1-3H3,(H,31,32)(H,33,35). The molecule has 2 N–H and O–H groups in total. The van der Waals surface area contributed by atoms with E-state index in [0.717, 1.165) is 45.7 Å². The number of nitrogens with zero attached hydrogens (tertiary/aromatic N) is 3. The maximum Gasteiger partial charge on any atom is 0.236 e. The monoisotopic (exact) mass is 481 g/mol. The van der Waals surface area contributed by atoms with E-state index < -0.39 is 12.1 Å². The molecule has 7 heteroatoms. The van der Waals surface area contributed by atoms with Gasteiger partial charge in [0.1, 0.15) is 17.5 Å². The Morgan fingerprint density at radius 2 is 1.67 bits per heavy atom. The summed E-state index contributed by atoms with van der Waals surface area (Å²) < 4.78 is 0. The maximum absolute atomic E-state index is 14.1. The molecular weight excluding hydrogens is 450 g/mol. The Hall–Kier alpha value is -4.00. The highest BCUT2D eigenvalue weighted by Gasteiger charge is 2.37. The number of fused-ring (bicyclic) bond motifs is 1. The lowest BCUT2D eigenvalue weighted by molar-refractivity contribution is -0.138. The Bertz CT molecular complexity index is 1340. The average molecular weight is 482 g/mol. The topological polar surface area (TPSA) is 91.0 Å². The van der Waals surface area contributed by atoms with Crippen LogP contribution in [0.1, 0.15) is 59.8 Å². The molecule has 2 aromatic carbocycles. The van der Waals surface area contributed by atoms with Crippen molar-refractivity contribution in [2.75, 3.05) is 6.54 Å². The molecule has 0 spiro atoms. The van der Waals surface area contributed by atoms with Gasteiger partial charge >= 0.3 is 0 Å². The lowest BCUT2D eigenvalue weighted by Crippen LogP contribution is -2.55. The number of pyridine rings is 1. The van der Waals surface area contributed by atoms with Crippen molar-refractivity contribution in [2.45, 2.75) is 51.6 Å². The molecule has 7 nitrogen and oxygen atoms in total. The number of amides is 2. The van der Waals surface area contributed by atoms with Crippen molar-refractivity contribution < 1.29 is 9.59 Å². The zero-order valence-electron chi connectivity index (χ0n) is 20.9. The Labute approximate surface area is 211 Å². The van der Waals surface area contributed by atoms with Crippen LogP contribution >= 0.6 is 0 Å². The maximum atomic E-state index is 14.1. The van der Waals surface area contributed by atoms with Gasteiger partial charge in [0.2, 0.25) is 11.8 Å². The van der Waals surface area contributed by atoms with Crippen LogP contribution in [0.4, 0.5) is 0 Å². The second-order valence-corrected chi connectivity index (χ2v) is 9.57. The highest BCUT2D eigenvalue weighted by atomic mass is 16.2. The van der Waals surface area contributed by atoms with Crippen molar-refractivity contribution in [1.82, 2.24) is 25.2 Å². The van der Waals surface area contributed by atoms with E-state index in [1.165, 1.54) is 6.92 Å². The van der Waals surface area contributed by atoms with Crippen LogP contribution in [0.3, 0.4) is 0 Å². The van der Waals surface area contributed by atoms with Crippen LogP contribution in [-0.4, -0.2) is 44.4 Å². The van der Waals surface area contributed by atoms with Crippen molar-refractivity contribution in [2.24, 2.45) is 0 Å². The molecule has 0 aliphatic carbocycles. The second-order valence-electron chi connectivity index (χ2n) is 9.57. The fraction of sp³-hybridized carbons (Fsp3) is 0.310. The van der Waals surface area contributed by atoms with Gasteiger partial charge in [-0.3, -0.25) is 14.6 Å². The largest absolute Gasteiger partial charge is 0.342 e. The van der Waals surface area contributed by atoms with Crippen molar-refractivity contribution in [3.05, 3.63) is 95.1 Å². The zero-order valence-corrected chi connectivity index (χ0v) is 20.9. The lowest BCUT2D eigenvalue weighted by Gasteiger charge is -2.41. The Morgan fingerprint density at radius 1 is 1.03 bits per heavy atom. The smallest absolute Gasteiger partial charge is 0.236 e. The average Bonchev–Trinajstić information content (AvgIpc) is 3.27. The molecule has 36 heavy (non-hydrogen) atoms. The summed E-state index contributed by atoms with van der Waals surface area (Å²) in [6.45, 7) is 5.94. The van der Waals surface area contributed by atoms with Gasteiger partial charge in [-0.25, -0.2) is 4.98 Å². The van der Waals surface area contributed by atoms with Gasteiger partial charge in [0.15, 0.2) is 0 Å². The van der Waals surface area contributed by atoms with E-state index in [4.69, 9.17) is 0 Å². The van der Waals surface area contributed by atoms with Gasteiger partial charge in [0, 0.05) is 19.7 Å². The highest BCUT2D eigenvalue weighted by Crippen LogP contribution is 2.37. The summed E-state index contributed by atoms with van der Waals surface area (Å²) in [5, 5.41) is 3.05. The summed E-state index contributed by atoms with van der Waals surface area (Å²) in [7, 11) is 0. The molecule has 3 heterocycles. The third kappa shape index (κ3) is 4.61. The predicted molar refractivity (Wildman–Crippen MR) is 139 cm³/mol. The minimum Gasteiger partial charge on any atom is -0.342 e. The van der Waals surface area contributed by atoms with E-state index in [-0.39, 0.29) is 17.7 Å². The number of carbonyl (C=O) groups excluding carboxylic acids is 2. The summed E-state index contributed by atoms with van der Waals surface area (Å²) in [4.78, 5) is 40.8. The van der Waals surface area contributed by atoms with E-state index in [9.17, 15) is 9.59 Å². The normalized spacial score (nSPS) is 17.9. The number of piperidine rings is 1. The molecule has 184 valence electrons. The molecule has 0 saturated carbocycles. The van der Waals surface area contributed by atoms with Crippen LogP contribution in [-0.2, 0) is 9.59 Å². The van der Waals surface area contributed by atoms with Crippen molar-refractivity contribution in [3.63, 3.8) is 0 Å². The third-order valence-corrected chi connectivity index (χ3v) is 7.06. The molecule has 0 bridgehead atoms. The Morgan fingerprint density at radius 3 is 2.28 bits per heavy atom. The van der Waals surface area contributed by atoms with E-state index in [1.807, 2.05) is 85.6 Å². The molecule has 1 fully saturated rings. The first-order valence-electron chi connectivity index (χ1n) is 12.4. The minimum atomic E-state index is -0.441. The molecular formula is C29H31N5O2. The van der Waals surface area contributed by atoms with Gasteiger partial charge in [-0.2, -0.15) is 0 Å². The lowest BCUT2D eigenvalue weighted by atomic mass is 9.85. The van der Waals surface area contributed by atoms with Crippen LogP contribution in [0.5, 0.6) is 0 Å². The van der Waals surface area contributed by atoms with Gasteiger partial charge in [0.05, 0.1) is 17.1 Å². The highest BCUT2D eigenvalue weighted by molar-refractivity contribution is 5.88. The van der Waals surface area contributed by atoms with E-state index in [0.29, 0.717) is 13.0 Å². The minimum absolute atomic E-state index is 0.00540. The quantitative estimate of drug-likeness (QED) is 0.437. The van der Waals surface area contributed by atoms with Gasteiger partial charge < -0.3 is 15.2 Å². The Kier molecular flexibility index (Phi) is 6.55. The number of benzene rings is 2. The molecule has 2 unspecified atom stereocenters. The fourth-order valence-corrected chi connectivity index (χ4v) is 5.38. The molecule has 1 aliphatic rings. The van der Waals surface area contributed by atoms with Crippen molar-refractivity contribution in [3.8, 4) is 0 Å². The first-order chi connectivity index (χ1) is 17.4. The first kappa shape index (κ1) is 23.7. The fourth-order valence-electron chi connectivity index (χ4n) is 5.38. The van der Waals surface area contributed by atoms with E-state index >= 15 is 0 Å². The van der Waals surface area contributed by atoms with Crippen LogP contribution in [0.25, 0.3) is 11.0 Å². The molecule has 1 saturated heterocycles. The molecule has 0 radical (unpaired) electrons. The van der Waals surface area contributed by atoms with Crippen molar-refractivity contribution >= 4 is 22.8 Å². The number of rotatable bonds is 5. The first-order valence-corrected chi connectivity index (χ1v) is 12.4. The molecule has 1 aliphatic heterocycles. The Balaban J connectivity index is 1.48. The summed E-state index contributed by atoms with van der Waals surface area (Å²) in [6.07, 6.45) is 2.89. The SMILES string of the molecule is CC(=O)NC1CC(c2cnc(C)c3nc(C)[nH]c23)CCN1C(=O)C(c1ccccc1)c1ccccc1. The molecule has 2 atom stereocenters. The summed E-state index contributed by atoms with van der Waals surface area (Å²) in [6, 6.07) is 19.7. The third-order valence-electron chi connectivity index (χ3n) is 7.06. The second kappa shape index (κ2) is 9.93. The van der Waals surface area contributed by atoms with Crippen LogP contribution in [0.2, 0.25) is 0 Å². The zero-order chi connectivity index (χ0) is 25.2. The number of likely N-dealkylation sites (tertiary alicyclic amines) is 1. The van der Waals surface area contributed by atoms with Crippen molar-refractivity contribution in [1.29, 1.82) is 0 Å². The number of imidazole rings is 1. The van der Waals surface area contributed by atoms with E-state index in [1.54, 1.807) is 0 Å². The van der Waals surface area contributed by atoms with Gasteiger partial charge in [-0.05, 0) is 49.3 Å². The van der Waals surface area contributed by atoms with Crippen LogP contribution in [0.15, 0.2) is 66.9 Å². The number of carbonyl (C=O) groups is 2. The number of hydrogen-bond acceptors (Lipinski definition) is 4. The molecule has 2 amide bonds. The molecule has 2 aromatic heterocycles. The summed E-state index contributed by atoms with van der Waals surface area (Å²) in [5.41, 5.74) is 5.73. The van der Waals surface area contributed by atoms with Crippen LogP contribution in [0, 0.1) is 13.8 Å². The van der Waals surface area contributed by atoms with Gasteiger partial charge in [0.25, 0.3) is 0 Å². The van der Waals surface area contributed by atoms with Gasteiger partial charge in [-0.1, -0.05) is 60.7 Å². The number of aryl methyl sites for hydroxylation is 2. The van der Waals surface area contributed by atoms with Gasteiger partial charge in [-0.15, -0.1) is 0 Å². The van der Waals surface area contributed by atoms with E-state index in [2.05, 4.69) is 20.3 Å². The summed E-state index contributed by atoms with van der Waals surface area (Å²) >= 11 is 0. The molecule has 4 aromatic rings. The number of aromatic amines is 1. The molecule has 5 rings (SSSR count).